The van der Waals surface area contributed by atoms with Crippen molar-refractivity contribution in [3.8, 4) is 5.75 Å². The van der Waals surface area contributed by atoms with Crippen LogP contribution in [0, 0.1) is 13.8 Å². The molecule has 1 aromatic heterocycles. The molecular formula is C13H13BrClNOS. The van der Waals surface area contributed by atoms with Crippen LogP contribution >= 0.6 is 38.9 Å². The lowest BCUT2D eigenvalue weighted by Crippen LogP contribution is -1.95. The molecule has 0 spiro atoms. The third-order valence-corrected chi connectivity index (χ3v) is 4.56. The standard InChI is InChI=1S/C13H13BrClNOS/c1-8-9(2)18-13(16-8)7-17-12-4-3-10(6-14)5-11(12)15/h3-5H,6-7H2,1-2H3. The van der Waals surface area contributed by atoms with Crippen molar-refractivity contribution in [1.29, 1.82) is 0 Å². The third-order valence-electron chi connectivity index (χ3n) is 2.57. The lowest BCUT2D eigenvalue weighted by atomic mass is 10.2. The highest BCUT2D eigenvalue weighted by molar-refractivity contribution is 9.08. The Morgan fingerprint density at radius 3 is 2.72 bits per heavy atom. The summed E-state index contributed by atoms with van der Waals surface area (Å²) in [5, 5.41) is 2.40. The molecule has 0 aliphatic heterocycles. The van der Waals surface area contributed by atoms with E-state index in [-0.39, 0.29) is 0 Å². The molecule has 0 saturated heterocycles. The van der Waals surface area contributed by atoms with Gasteiger partial charge in [0.25, 0.3) is 0 Å². The average molecular weight is 347 g/mol. The summed E-state index contributed by atoms with van der Waals surface area (Å²) in [6.07, 6.45) is 0. The number of alkyl halides is 1. The number of halogens is 2. The van der Waals surface area contributed by atoms with E-state index >= 15 is 0 Å². The minimum Gasteiger partial charge on any atom is -0.485 e. The van der Waals surface area contributed by atoms with Gasteiger partial charge in [0.05, 0.1) is 10.7 Å². The number of ether oxygens (including phenoxy) is 1. The first kappa shape index (κ1) is 13.8. The van der Waals surface area contributed by atoms with E-state index in [1.807, 2.05) is 25.1 Å². The molecule has 0 amide bonds. The highest BCUT2D eigenvalue weighted by atomic mass is 79.9. The Bertz CT molecular complexity index is 536. The fraction of sp³-hybridized carbons (Fsp3) is 0.308. The van der Waals surface area contributed by atoms with E-state index in [4.69, 9.17) is 16.3 Å². The molecule has 0 bridgehead atoms. The Labute approximate surface area is 124 Å². The molecule has 2 rings (SSSR count). The maximum absolute atomic E-state index is 6.15. The normalized spacial score (nSPS) is 10.7. The molecule has 0 radical (unpaired) electrons. The van der Waals surface area contributed by atoms with Gasteiger partial charge < -0.3 is 4.74 Å². The van der Waals surface area contributed by atoms with Crippen LogP contribution in [-0.4, -0.2) is 4.98 Å². The zero-order chi connectivity index (χ0) is 13.1. The first-order chi connectivity index (χ1) is 8.60. The second-order valence-corrected chi connectivity index (χ2v) is 6.19. The highest BCUT2D eigenvalue weighted by Gasteiger charge is 2.07. The molecule has 1 aromatic carbocycles. The second-order valence-electron chi connectivity index (χ2n) is 3.94. The summed E-state index contributed by atoms with van der Waals surface area (Å²) in [7, 11) is 0. The summed E-state index contributed by atoms with van der Waals surface area (Å²) in [6.45, 7) is 4.54. The van der Waals surface area contributed by atoms with Gasteiger partial charge in [-0.15, -0.1) is 11.3 Å². The molecule has 0 fully saturated rings. The van der Waals surface area contributed by atoms with E-state index < -0.39 is 0 Å². The van der Waals surface area contributed by atoms with Crippen molar-refractivity contribution in [3.63, 3.8) is 0 Å². The van der Waals surface area contributed by atoms with Gasteiger partial charge in [-0.25, -0.2) is 4.98 Å². The van der Waals surface area contributed by atoms with Gasteiger partial charge in [-0.2, -0.15) is 0 Å². The minimum atomic E-state index is 0.465. The maximum atomic E-state index is 6.15. The van der Waals surface area contributed by atoms with Crippen molar-refractivity contribution < 1.29 is 4.74 Å². The molecule has 0 aliphatic rings. The Morgan fingerprint density at radius 2 is 2.17 bits per heavy atom. The largest absolute Gasteiger partial charge is 0.485 e. The number of hydrogen-bond donors (Lipinski definition) is 0. The van der Waals surface area contributed by atoms with Crippen LogP contribution in [0.5, 0.6) is 5.75 Å². The summed E-state index contributed by atoms with van der Waals surface area (Å²) < 4.78 is 5.69. The summed E-state index contributed by atoms with van der Waals surface area (Å²) in [5.41, 5.74) is 2.20. The topological polar surface area (TPSA) is 22.1 Å². The molecule has 0 aliphatic carbocycles. The first-order valence-electron chi connectivity index (χ1n) is 5.50. The molecule has 5 heteroatoms. The van der Waals surface area contributed by atoms with Gasteiger partial charge in [-0.05, 0) is 31.5 Å². The van der Waals surface area contributed by atoms with Crippen LogP contribution in [0.25, 0.3) is 0 Å². The Morgan fingerprint density at radius 1 is 1.39 bits per heavy atom. The van der Waals surface area contributed by atoms with Gasteiger partial charge in [0.1, 0.15) is 17.4 Å². The lowest BCUT2D eigenvalue weighted by Gasteiger charge is -2.07. The van der Waals surface area contributed by atoms with Gasteiger partial charge in [0.2, 0.25) is 0 Å². The molecule has 0 saturated carbocycles. The zero-order valence-corrected chi connectivity index (χ0v) is 13.3. The first-order valence-corrected chi connectivity index (χ1v) is 7.82. The van der Waals surface area contributed by atoms with Crippen LogP contribution in [0.3, 0.4) is 0 Å². The summed E-state index contributed by atoms with van der Waals surface area (Å²) in [5.74, 6) is 0.701. The predicted molar refractivity (Wildman–Crippen MR) is 80.0 cm³/mol. The number of rotatable bonds is 4. The van der Waals surface area contributed by atoms with Crippen LogP contribution in [-0.2, 0) is 11.9 Å². The Balaban J connectivity index is 2.06. The third kappa shape index (κ3) is 3.25. The van der Waals surface area contributed by atoms with Gasteiger partial charge >= 0.3 is 0 Å². The predicted octanol–water partition coefficient (Wildman–Crippen LogP) is 4.89. The van der Waals surface area contributed by atoms with Crippen LogP contribution in [0.4, 0.5) is 0 Å². The van der Waals surface area contributed by atoms with E-state index in [0.717, 1.165) is 21.6 Å². The molecule has 0 N–H and O–H groups in total. The number of thiazole rings is 1. The summed E-state index contributed by atoms with van der Waals surface area (Å²) >= 11 is 11.2. The van der Waals surface area contributed by atoms with E-state index in [1.165, 1.54) is 4.88 Å². The van der Waals surface area contributed by atoms with Crippen molar-refractivity contribution >= 4 is 38.9 Å². The number of nitrogens with zero attached hydrogens (tertiary/aromatic N) is 1. The van der Waals surface area contributed by atoms with Crippen molar-refractivity contribution in [2.24, 2.45) is 0 Å². The fourth-order valence-corrected chi connectivity index (χ4v) is 2.94. The molecule has 18 heavy (non-hydrogen) atoms. The number of aryl methyl sites for hydroxylation is 2. The lowest BCUT2D eigenvalue weighted by molar-refractivity contribution is 0.305. The molecule has 2 nitrogen and oxygen atoms in total. The molecule has 96 valence electrons. The molecular weight excluding hydrogens is 334 g/mol. The molecule has 0 unspecified atom stereocenters. The minimum absolute atomic E-state index is 0.465. The van der Waals surface area contributed by atoms with Crippen LogP contribution in [0.2, 0.25) is 5.02 Å². The van der Waals surface area contributed by atoms with Gasteiger partial charge in [-0.3, -0.25) is 0 Å². The monoisotopic (exact) mass is 345 g/mol. The second kappa shape index (κ2) is 6.04. The van der Waals surface area contributed by atoms with Gasteiger partial charge in [0.15, 0.2) is 0 Å². The van der Waals surface area contributed by atoms with Crippen LogP contribution < -0.4 is 4.74 Å². The smallest absolute Gasteiger partial charge is 0.140 e. The van der Waals surface area contributed by atoms with Crippen molar-refractivity contribution in [2.75, 3.05) is 0 Å². The van der Waals surface area contributed by atoms with E-state index in [1.54, 1.807) is 11.3 Å². The molecule has 0 atom stereocenters. The molecule has 2 aromatic rings. The SMILES string of the molecule is Cc1nc(COc2ccc(CBr)cc2Cl)sc1C. The highest BCUT2D eigenvalue weighted by Crippen LogP contribution is 2.27. The number of hydrogen-bond acceptors (Lipinski definition) is 3. The zero-order valence-electron chi connectivity index (χ0n) is 10.2. The van der Waals surface area contributed by atoms with E-state index in [9.17, 15) is 0 Å². The van der Waals surface area contributed by atoms with E-state index in [0.29, 0.717) is 17.4 Å². The van der Waals surface area contributed by atoms with Crippen molar-refractivity contribution in [2.45, 2.75) is 25.8 Å². The Hall–Kier alpha value is -0.580. The number of benzene rings is 1. The molecule has 1 heterocycles. The summed E-state index contributed by atoms with van der Waals surface area (Å²) in [4.78, 5) is 5.66. The quantitative estimate of drug-likeness (QED) is 0.736. The fourth-order valence-electron chi connectivity index (χ4n) is 1.48. The van der Waals surface area contributed by atoms with E-state index in [2.05, 4.69) is 27.8 Å². The average Bonchev–Trinajstić information content (AvgIpc) is 2.67. The maximum Gasteiger partial charge on any atom is 0.140 e. The number of aromatic nitrogens is 1. The van der Waals surface area contributed by atoms with Gasteiger partial charge in [-0.1, -0.05) is 33.6 Å². The Kier molecular flexibility index (Phi) is 4.65. The van der Waals surface area contributed by atoms with Crippen LogP contribution in [0.1, 0.15) is 21.1 Å². The van der Waals surface area contributed by atoms with Crippen molar-refractivity contribution in [1.82, 2.24) is 4.98 Å². The van der Waals surface area contributed by atoms with Crippen LogP contribution in [0.15, 0.2) is 18.2 Å². The van der Waals surface area contributed by atoms with Gasteiger partial charge in [0, 0.05) is 10.2 Å². The summed E-state index contributed by atoms with van der Waals surface area (Å²) in [6, 6.07) is 5.80. The van der Waals surface area contributed by atoms with Crippen molar-refractivity contribution in [3.05, 3.63) is 44.4 Å².